The Labute approximate surface area is 231 Å². The van der Waals surface area contributed by atoms with Crippen LogP contribution in [0.1, 0.15) is 54.4 Å². The van der Waals surface area contributed by atoms with E-state index in [4.69, 9.17) is 9.68 Å². The summed E-state index contributed by atoms with van der Waals surface area (Å²) in [5.41, 5.74) is 1.62. The highest BCUT2D eigenvalue weighted by Crippen LogP contribution is 2.09. The van der Waals surface area contributed by atoms with Crippen molar-refractivity contribution in [2.45, 2.75) is 54.4 Å². The van der Waals surface area contributed by atoms with Crippen molar-refractivity contribution in [2.24, 2.45) is 10.3 Å². The standard InChI is InChI=1S/C24H46N4O2.2HI/c1-7-27(8-2,9-3)19-13-21-29-25-23-15-17-24(18-16-23)26-30-22-14-20-28(10-4,11-5)12-6;;/h15-18H,7-14,19-22H2,1-6H3;2*1H/q+2;;/p-2. The van der Waals surface area contributed by atoms with Gasteiger partial charge in [-0.05, 0) is 65.8 Å². The smallest absolute Gasteiger partial charge is 0.122 e. The van der Waals surface area contributed by atoms with Crippen LogP contribution in [-0.4, -0.2) is 86.0 Å². The lowest BCUT2D eigenvalue weighted by atomic mass is 10.1. The Morgan fingerprint density at radius 1 is 0.562 bits per heavy atom. The molecule has 0 aromatic carbocycles. The maximum Gasteiger partial charge on any atom is 0.122 e. The zero-order valence-electron chi connectivity index (χ0n) is 21.2. The summed E-state index contributed by atoms with van der Waals surface area (Å²) < 4.78 is 2.30. The molecule has 1 aliphatic rings. The number of nitrogens with zero attached hydrogens (tertiary/aromatic N) is 4. The fourth-order valence-corrected chi connectivity index (χ4v) is 4.03. The molecule has 0 atom stereocenters. The van der Waals surface area contributed by atoms with Crippen LogP contribution >= 0.6 is 0 Å². The first-order valence-corrected chi connectivity index (χ1v) is 12.0. The average molecular weight is 676 g/mol. The lowest BCUT2D eigenvalue weighted by molar-refractivity contribution is -0.923. The molecule has 0 heterocycles. The van der Waals surface area contributed by atoms with Gasteiger partial charge in [0.25, 0.3) is 0 Å². The Morgan fingerprint density at radius 2 is 0.844 bits per heavy atom. The summed E-state index contributed by atoms with van der Waals surface area (Å²) in [5.74, 6) is 0. The second-order valence-electron chi connectivity index (χ2n) is 8.10. The molecule has 0 amide bonds. The first kappa shape index (κ1) is 34.0. The van der Waals surface area contributed by atoms with E-state index in [9.17, 15) is 0 Å². The average Bonchev–Trinajstić information content (AvgIpc) is 2.80. The monoisotopic (exact) mass is 676 g/mol. The third-order valence-electron chi connectivity index (χ3n) is 6.95. The van der Waals surface area contributed by atoms with E-state index in [2.05, 4.69) is 51.9 Å². The normalized spacial score (nSPS) is 13.3. The number of halogens is 2. The van der Waals surface area contributed by atoms with Crippen molar-refractivity contribution in [2.75, 3.05) is 65.6 Å². The maximum atomic E-state index is 5.52. The molecule has 0 aliphatic heterocycles. The van der Waals surface area contributed by atoms with Gasteiger partial charge in [0, 0.05) is 12.8 Å². The lowest BCUT2D eigenvalue weighted by Crippen LogP contribution is -3.00. The summed E-state index contributed by atoms with van der Waals surface area (Å²) in [6.45, 7) is 24.2. The third kappa shape index (κ3) is 11.8. The first-order chi connectivity index (χ1) is 14.5. The fourth-order valence-electron chi connectivity index (χ4n) is 4.03. The Kier molecular flexibility index (Phi) is 20.3. The number of allylic oxidation sites excluding steroid dienone is 4. The van der Waals surface area contributed by atoms with Crippen molar-refractivity contribution in [3.8, 4) is 0 Å². The van der Waals surface area contributed by atoms with E-state index >= 15 is 0 Å². The largest absolute Gasteiger partial charge is 1.00 e. The number of rotatable bonds is 16. The lowest BCUT2D eigenvalue weighted by Gasteiger charge is -2.35. The van der Waals surface area contributed by atoms with Gasteiger partial charge >= 0.3 is 0 Å². The quantitative estimate of drug-likeness (QED) is 0.0651. The van der Waals surface area contributed by atoms with Gasteiger partial charge in [0.1, 0.15) is 24.6 Å². The molecule has 188 valence electrons. The highest BCUT2D eigenvalue weighted by molar-refractivity contribution is 6.18. The van der Waals surface area contributed by atoms with Gasteiger partial charge in [-0.15, -0.1) is 0 Å². The molecular weight excluding hydrogens is 630 g/mol. The molecule has 1 rings (SSSR count). The molecule has 0 spiro atoms. The number of quaternary nitrogens is 2. The van der Waals surface area contributed by atoms with Gasteiger partial charge in [0.2, 0.25) is 0 Å². The minimum atomic E-state index is 0. The van der Waals surface area contributed by atoms with Gasteiger partial charge in [-0.25, -0.2) is 0 Å². The SMILES string of the molecule is CC[N+](CC)(CC)CCCON=C1C=CC(=NOCCC[N+](CC)(CC)CC)C=C1.[I-].[I-]. The highest BCUT2D eigenvalue weighted by Gasteiger charge is 2.20. The Hall–Kier alpha value is -0.200. The van der Waals surface area contributed by atoms with Crippen LogP contribution in [0.4, 0.5) is 0 Å². The molecule has 0 N–H and O–H groups in total. The minimum absolute atomic E-state index is 0. The second-order valence-corrected chi connectivity index (χ2v) is 8.10. The van der Waals surface area contributed by atoms with Gasteiger partial charge in [-0.3, -0.25) is 0 Å². The van der Waals surface area contributed by atoms with Gasteiger partial charge in [-0.2, -0.15) is 0 Å². The maximum absolute atomic E-state index is 5.52. The predicted molar refractivity (Wildman–Crippen MR) is 128 cm³/mol. The van der Waals surface area contributed by atoms with Gasteiger partial charge in [0.05, 0.1) is 52.4 Å². The summed E-state index contributed by atoms with van der Waals surface area (Å²) in [7, 11) is 0. The summed E-state index contributed by atoms with van der Waals surface area (Å²) in [5, 5.41) is 8.44. The van der Waals surface area contributed by atoms with E-state index in [-0.39, 0.29) is 48.0 Å². The van der Waals surface area contributed by atoms with Crippen LogP contribution in [-0.2, 0) is 9.68 Å². The summed E-state index contributed by atoms with van der Waals surface area (Å²) in [6, 6.07) is 0. The van der Waals surface area contributed by atoms with Crippen molar-refractivity contribution in [1.29, 1.82) is 0 Å². The third-order valence-corrected chi connectivity index (χ3v) is 6.95. The van der Waals surface area contributed by atoms with Crippen LogP contribution in [0.5, 0.6) is 0 Å². The van der Waals surface area contributed by atoms with E-state index < -0.39 is 0 Å². The summed E-state index contributed by atoms with van der Waals surface area (Å²) in [4.78, 5) is 11.0. The Morgan fingerprint density at radius 3 is 1.09 bits per heavy atom. The number of hydrogen-bond donors (Lipinski definition) is 0. The first-order valence-electron chi connectivity index (χ1n) is 12.0. The van der Waals surface area contributed by atoms with Crippen molar-refractivity contribution in [1.82, 2.24) is 0 Å². The van der Waals surface area contributed by atoms with Crippen molar-refractivity contribution >= 4 is 11.4 Å². The topological polar surface area (TPSA) is 43.2 Å². The molecule has 0 radical (unpaired) electrons. The van der Waals surface area contributed by atoms with Crippen LogP contribution in [0.25, 0.3) is 0 Å². The minimum Gasteiger partial charge on any atom is -1.00 e. The predicted octanol–water partition coefficient (Wildman–Crippen LogP) is -1.60. The van der Waals surface area contributed by atoms with E-state index in [0.717, 1.165) is 46.3 Å². The Bertz CT molecular complexity index is 514. The van der Waals surface area contributed by atoms with Crippen LogP contribution in [0, 0.1) is 0 Å². The molecule has 6 nitrogen and oxygen atoms in total. The summed E-state index contributed by atoms with van der Waals surface area (Å²) >= 11 is 0. The van der Waals surface area contributed by atoms with E-state index in [0.29, 0.717) is 13.2 Å². The molecule has 8 heteroatoms. The molecule has 1 aliphatic carbocycles. The van der Waals surface area contributed by atoms with Crippen LogP contribution in [0.3, 0.4) is 0 Å². The zero-order valence-corrected chi connectivity index (χ0v) is 25.5. The van der Waals surface area contributed by atoms with E-state index in [1.165, 1.54) is 39.3 Å². The van der Waals surface area contributed by atoms with Gasteiger partial charge in [0.15, 0.2) is 0 Å². The molecular formula is C24H46I2N4O2. The van der Waals surface area contributed by atoms with Crippen molar-refractivity contribution < 1.29 is 66.6 Å². The molecule has 0 aromatic rings. The number of oxime groups is 2. The Balaban J connectivity index is 0. The van der Waals surface area contributed by atoms with E-state index in [1.807, 2.05) is 24.3 Å². The fraction of sp³-hybridized carbons (Fsp3) is 0.750. The molecule has 0 aromatic heterocycles. The molecule has 0 saturated heterocycles. The van der Waals surface area contributed by atoms with Crippen LogP contribution < -0.4 is 48.0 Å². The molecule has 0 fully saturated rings. The van der Waals surface area contributed by atoms with Crippen LogP contribution in [0.2, 0.25) is 0 Å². The van der Waals surface area contributed by atoms with Crippen LogP contribution in [0.15, 0.2) is 34.6 Å². The highest BCUT2D eigenvalue weighted by atomic mass is 127. The van der Waals surface area contributed by atoms with E-state index in [1.54, 1.807) is 0 Å². The molecule has 0 saturated carbocycles. The molecule has 0 bridgehead atoms. The van der Waals surface area contributed by atoms with Gasteiger partial charge in [-0.1, -0.05) is 10.3 Å². The van der Waals surface area contributed by atoms with Crippen molar-refractivity contribution in [3.05, 3.63) is 24.3 Å². The number of hydrogen-bond acceptors (Lipinski definition) is 4. The van der Waals surface area contributed by atoms with Crippen molar-refractivity contribution in [3.63, 3.8) is 0 Å². The second kappa shape index (κ2) is 19.1. The molecule has 0 unspecified atom stereocenters. The summed E-state index contributed by atoms with van der Waals surface area (Å²) in [6.07, 6.45) is 9.71. The molecule has 32 heavy (non-hydrogen) atoms. The van der Waals surface area contributed by atoms with Gasteiger partial charge < -0.3 is 66.6 Å². The zero-order chi connectivity index (χ0) is 22.3.